The number of rotatable bonds is 5. The van der Waals surface area contributed by atoms with E-state index in [0.717, 1.165) is 5.69 Å². The van der Waals surface area contributed by atoms with Crippen molar-refractivity contribution < 1.29 is 19.0 Å². The van der Waals surface area contributed by atoms with E-state index in [2.05, 4.69) is 20.8 Å². The molecule has 1 aromatic heterocycles. The Bertz CT molecular complexity index is 644. The van der Waals surface area contributed by atoms with Gasteiger partial charge in [-0.05, 0) is 6.92 Å². The molecule has 2 aromatic rings. The lowest BCUT2D eigenvalue weighted by atomic mass is 10.2. The molecule has 0 spiro atoms. The Morgan fingerprint density at radius 3 is 2.14 bits per heavy atom. The number of hydrogen-bond acceptors (Lipinski definition) is 5. The van der Waals surface area contributed by atoms with E-state index in [1.54, 1.807) is 18.2 Å². The van der Waals surface area contributed by atoms with Gasteiger partial charge in [0.25, 0.3) is 0 Å². The van der Waals surface area contributed by atoms with Gasteiger partial charge in [0.1, 0.15) is 0 Å². The van der Waals surface area contributed by atoms with E-state index < -0.39 is 6.03 Å². The molecule has 22 heavy (non-hydrogen) atoms. The van der Waals surface area contributed by atoms with Crippen molar-refractivity contribution in [1.82, 2.24) is 10.2 Å². The second kappa shape index (κ2) is 6.70. The fourth-order valence-corrected chi connectivity index (χ4v) is 1.91. The summed E-state index contributed by atoms with van der Waals surface area (Å²) in [6, 6.07) is 4.56. The number of methoxy groups -OCH3 is 3. The average molecular weight is 306 g/mol. The SMILES string of the molecule is COc1cc(NC(=O)Nc2cc(C)[nH]n2)cc(OC)c1OC. The van der Waals surface area contributed by atoms with Crippen molar-refractivity contribution in [2.24, 2.45) is 0 Å². The van der Waals surface area contributed by atoms with Crippen LogP contribution in [0.1, 0.15) is 5.69 Å². The van der Waals surface area contributed by atoms with Crippen molar-refractivity contribution in [1.29, 1.82) is 0 Å². The molecule has 8 heteroatoms. The first kappa shape index (κ1) is 15.5. The number of nitrogens with one attached hydrogen (secondary N) is 3. The van der Waals surface area contributed by atoms with Gasteiger partial charge in [-0.15, -0.1) is 0 Å². The molecule has 0 fully saturated rings. The Labute approximate surface area is 127 Å². The van der Waals surface area contributed by atoms with Crippen molar-refractivity contribution in [3.8, 4) is 17.2 Å². The molecule has 0 bridgehead atoms. The quantitative estimate of drug-likeness (QED) is 0.788. The fraction of sp³-hybridized carbons (Fsp3) is 0.286. The van der Waals surface area contributed by atoms with E-state index in [9.17, 15) is 4.79 Å². The smallest absolute Gasteiger partial charge is 0.324 e. The average Bonchev–Trinajstić information content (AvgIpc) is 2.90. The van der Waals surface area contributed by atoms with E-state index in [0.29, 0.717) is 28.8 Å². The molecular formula is C14H18N4O4. The predicted molar refractivity (Wildman–Crippen MR) is 82.1 cm³/mol. The van der Waals surface area contributed by atoms with E-state index in [1.165, 1.54) is 21.3 Å². The third-order valence-corrected chi connectivity index (χ3v) is 2.87. The highest BCUT2D eigenvalue weighted by Crippen LogP contribution is 2.39. The highest BCUT2D eigenvalue weighted by molar-refractivity contribution is 5.99. The van der Waals surface area contributed by atoms with Gasteiger partial charge in [0.2, 0.25) is 5.75 Å². The Morgan fingerprint density at radius 1 is 1.05 bits per heavy atom. The van der Waals surface area contributed by atoms with Crippen molar-refractivity contribution in [3.05, 3.63) is 23.9 Å². The fourth-order valence-electron chi connectivity index (χ4n) is 1.91. The lowest BCUT2D eigenvalue weighted by molar-refractivity contribution is 0.262. The predicted octanol–water partition coefficient (Wildman–Crippen LogP) is 2.39. The van der Waals surface area contributed by atoms with Gasteiger partial charge in [0.05, 0.1) is 27.0 Å². The molecule has 1 aromatic carbocycles. The molecule has 1 heterocycles. The maximum absolute atomic E-state index is 12.0. The van der Waals surface area contributed by atoms with Crippen molar-refractivity contribution in [2.45, 2.75) is 6.92 Å². The van der Waals surface area contributed by atoms with Crippen LogP contribution >= 0.6 is 0 Å². The number of nitrogens with zero attached hydrogens (tertiary/aromatic N) is 1. The monoisotopic (exact) mass is 306 g/mol. The molecule has 0 aliphatic rings. The highest BCUT2D eigenvalue weighted by atomic mass is 16.5. The minimum Gasteiger partial charge on any atom is -0.493 e. The first-order chi connectivity index (χ1) is 10.6. The van der Waals surface area contributed by atoms with Gasteiger partial charge in [-0.2, -0.15) is 5.10 Å². The van der Waals surface area contributed by atoms with Gasteiger partial charge in [0.15, 0.2) is 17.3 Å². The summed E-state index contributed by atoms with van der Waals surface area (Å²) >= 11 is 0. The lowest BCUT2D eigenvalue weighted by Gasteiger charge is -2.14. The summed E-state index contributed by atoms with van der Waals surface area (Å²) in [4.78, 5) is 12.0. The van der Waals surface area contributed by atoms with Gasteiger partial charge in [-0.25, -0.2) is 4.79 Å². The Morgan fingerprint density at radius 2 is 1.68 bits per heavy atom. The molecule has 2 rings (SSSR count). The number of H-pyrrole nitrogens is 1. The largest absolute Gasteiger partial charge is 0.493 e. The number of aromatic nitrogens is 2. The van der Waals surface area contributed by atoms with Crippen LogP contribution < -0.4 is 24.8 Å². The Balaban J connectivity index is 2.16. The number of urea groups is 1. The summed E-state index contributed by atoms with van der Waals surface area (Å²) in [5, 5.41) is 12.0. The zero-order valence-corrected chi connectivity index (χ0v) is 12.8. The number of benzene rings is 1. The minimum atomic E-state index is -0.430. The van der Waals surface area contributed by atoms with Crippen molar-refractivity contribution in [2.75, 3.05) is 32.0 Å². The third kappa shape index (κ3) is 3.40. The van der Waals surface area contributed by atoms with E-state index in [1.807, 2.05) is 6.92 Å². The van der Waals surface area contributed by atoms with Gasteiger partial charge in [-0.3, -0.25) is 10.4 Å². The van der Waals surface area contributed by atoms with Gasteiger partial charge < -0.3 is 19.5 Å². The second-order valence-corrected chi connectivity index (χ2v) is 4.43. The second-order valence-electron chi connectivity index (χ2n) is 4.43. The third-order valence-electron chi connectivity index (χ3n) is 2.87. The summed E-state index contributed by atoms with van der Waals surface area (Å²) < 4.78 is 15.7. The van der Waals surface area contributed by atoms with Crippen LogP contribution in [-0.2, 0) is 0 Å². The molecule has 0 aliphatic heterocycles. The number of aryl methyl sites for hydroxylation is 1. The number of ether oxygens (including phenoxy) is 3. The molecule has 3 N–H and O–H groups in total. The van der Waals surface area contributed by atoms with E-state index in [4.69, 9.17) is 14.2 Å². The highest BCUT2D eigenvalue weighted by Gasteiger charge is 2.14. The van der Waals surface area contributed by atoms with Gasteiger partial charge in [0, 0.05) is 23.9 Å². The summed E-state index contributed by atoms with van der Waals surface area (Å²) in [5.41, 5.74) is 1.35. The van der Waals surface area contributed by atoms with Crippen LogP contribution in [0.25, 0.3) is 0 Å². The number of carbonyl (C=O) groups excluding carboxylic acids is 1. The maximum Gasteiger partial charge on any atom is 0.324 e. The zero-order chi connectivity index (χ0) is 16.1. The molecule has 0 atom stereocenters. The van der Waals surface area contributed by atoms with Crippen LogP contribution in [0.3, 0.4) is 0 Å². The van der Waals surface area contributed by atoms with E-state index >= 15 is 0 Å². The number of aromatic amines is 1. The Hall–Kier alpha value is -2.90. The summed E-state index contributed by atoms with van der Waals surface area (Å²) in [6.07, 6.45) is 0. The number of hydrogen-bond donors (Lipinski definition) is 3. The van der Waals surface area contributed by atoms with Crippen LogP contribution in [0.2, 0.25) is 0 Å². The molecule has 118 valence electrons. The maximum atomic E-state index is 12.0. The first-order valence-electron chi connectivity index (χ1n) is 6.47. The number of carbonyl (C=O) groups is 1. The number of anilines is 2. The molecule has 0 radical (unpaired) electrons. The number of amides is 2. The zero-order valence-electron chi connectivity index (χ0n) is 12.8. The van der Waals surface area contributed by atoms with Crippen LogP contribution in [0, 0.1) is 6.92 Å². The lowest BCUT2D eigenvalue weighted by Crippen LogP contribution is -2.19. The normalized spacial score (nSPS) is 10.0. The molecule has 0 saturated carbocycles. The van der Waals surface area contributed by atoms with Crippen molar-refractivity contribution in [3.63, 3.8) is 0 Å². The molecule has 0 saturated heterocycles. The van der Waals surface area contributed by atoms with E-state index in [-0.39, 0.29) is 0 Å². The summed E-state index contributed by atoms with van der Waals surface area (Å²) in [6.45, 7) is 1.84. The molecular weight excluding hydrogens is 288 g/mol. The van der Waals surface area contributed by atoms with Crippen LogP contribution in [0.5, 0.6) is 17.2 Å². The van der Waals surface area contributed by atoms with Crippen LogP contribution in [0.4, 0.5) is 16.3 Å². The molecule has 8 nitrogen and oxygen atoms in total. The summed E-state index contributed by atoms with van der Waals surface area (Å²) in [7, 11) is 4.53. The molecule has 2 amide bonds. The molecule has 0 aliphatic carbocycles. The van der Waals surface area contributed by atoms with Crippen molar-refractivity contribution >= 4 is 17.5 Å². The first-order valence-corrected chi connectivity index (χ1v) is 6.47. The van der Waals surface area contributed by atoms with Gasteiger partial charge in [-0.1, -0.05) is 0 Å². The van der Waals surface area contributed by atoms with Gasteiger partial charge >= 0.3 is 6.03 Å². The molecule has 0 unspecified atom stereocenters. The minimum absolute atomic E-state index is 0.430. The van der Waals surface area contributed by atoms with Crippen LogP contribution in [0.15, 0.2) is 18.2 Å². The topological polar surface area (TPSA) is 97.5 Å². The standard InChI is InChI=1S/C14H18N4O4/c1-8-5-12(18-17-8)16-14(19)15-9-6-10(20-2)13(22-4)11(7-9)21-3/h5-7H,1-4H3,(H3,15,16,17,18,19). The van der Waals surface area contributed by atoms with Crippen LogP contribution in [-0.4, -0.2) is 37.6 Å². The Kier molecular flexibility index (Phi) is 4.72. The summed E-state index contributed by atoms with van der Waals surface area (Å²) in [5.74, 6) is 1.79.